The number of anilines is 1. The number of hydrazone groups is 1. The molecule has 0 radical (unpaired) electrons. The summed E-state index contributed by atoms with van der Waals surface area (Å²) in [5.74, 6) is 0.0281. The smallest absolute Gasteiger partial charge is 0.271 e. The molecule has 2 aromatic rings. The molecule has 0 spiro atoms. The van der Waals surface area contributed by atoms with E-state index in [9.17, 15) is 9.59 Å². The molecule has 2 rings (SSSR count). The van der Waals surface area contributed by atoms with E-state index in [4.69, 9.17) is 4.74 Å². The van der Waals surface area contributed by atoms with Gasteiger partial charge in [-0.15, -0.1) is 0 Å². The maximum absolute atomic E-state index is 12.0. The van der Waals surface area contributed by atoms with Crippen LogP contribution < -0.4 is 15.5 Å². The van der Waals surface area contributed by atoms with Crippen LogP contribution >= 0.6 is 0 Å². The normalized spacial score (nSPS) is 10.8. The number of nitrogens with one attached hydrogen (secondary N) is 2. The average molecular weight is 325 g/mol. The number of methoxy groups -OCH3 is 1. The Balaban J connectivity index is 1.88. The minimum atomic E-state index is -0.364. The molecule has 0 aliphatic carbocycles. The maximum Gasteiger partial charge on any atom is 0.271 e. The van der Waals surface area contributed by atoms with Gasteiger partial charge in [0, 0.05) is 17.0 Å². The topological polar surface area (TPSA) is 79.8 Å². The van der Waals surface area contributed by atoms with Crippen LogP contribution in [0.4, 0.5) is 5.69 Å². The third-order valence-corrected chi connectivity index (χ3v) is 3.15. The Hall–Kier alpha value is -3.15. The lowest BCUT2D eigenvalue weighted by molar-refractivity contribution is -0.115. The summed E-state index contributed by atoms with van der Waals surface area (Å²) in [6.07, 6.45) is 0.0906. The lowest BCUT2D eigenvalue weighted by Gasteiger charge is -2.06. The van der Waals surface area contributed by atoms with Crippen LogP contribution in [0.1, 0.15) is 23.7 Å². The van der Waals surface area contributed by atoms with Crippen molar-refractivity contribution in [2.75, 3.05) is 12.4 Å². The van der Waals surface area contributed by atoms with E-state index in [-0.39, 0.29) is 18.2 Å². The van der Waals surface area contributed by atoms with Gasteiger partial charge >= 0.3 is 0 Å². The minimum absolute atomic E-state index is 0.0906. The van der Waals surface area contributed by atoms with Gasteiger partial charge in [0.1, 0.15) is 5.75 Å². The Morgan fingerprint density at radius 1 is 1.08 bits per heavy atom. The van der Waals surface area contributed by atoms with Gasteiger partial charge in [-0.1, -0.05) is 24.3 Å². The summed E-state index contributed by atoms with van der Waals surface area (Å²) in [6, 6.07) is 15.9. The van der Waals surface area contributed by atoms with Crippen LogP contribution in [0.15, 0.2) is 59.7 Å². The van der Waals surface area contributed by atoms with Gasteiger partial charge < -0.3 is 10.1 Å². The van der Waals surface area contributed by atoms with E-state index >= 15 is 0 Å². The first-order valence-corrected chi connectivity index (χ1v) is 7.41. The van der Waals surface area contributed by atoms with Crippen LogP contribution in [0, 0.1) is 0 Å². The molecule has 2 aromatic carbocycles. The van der Waals surface area contributed by atoms with E-state index in [0.717, 1.165) is 5.69 Å². The largest absolute Gasteiger partial charge is 0.497 e. The van der Waals surface area contributed by atoms with Crippen molar-refractivity contribution in [3.63, 3.8) is 0 Å². The zero-order valence-corrected chi connectivity index (χ0v) is 13.6. The molecule has 0 heterocycles. The zero-order chi connectivity index (χ0) is 17.4. The van der Waals surface area contributed by atoms with Crippen LogP contribution in [-0.4, -0.2) is 24.6 Å². The van der Waals surface area contributed by atoms with Crippen LogP contribution in [0.5, 0.6) is 5.75 Å². The molecule has 0 fully saturated rings. The molecule has 0 aliphatic rings. The predicted molar refractivity (Wildman–Crippen MR) is 93.3 cm³/mol. The van der Waals surface area contributed by atoms with Crippen LogP contribution in [-0.2, 0) is 4.79 Å². The van der Waals surface area contributed by atoms with E-state index in [2.05, 4.69) is 15.8 Å². The molecule has 0 atom stereocenters. The molecule has 2 amide bonds. The van der Waals surface area contributed by atoms with Crippen molar-refractivity contribution in [2.24, 2.45) is 5.10 Å². The zero-order valence-electron chi connectivity index (χ0n) is 13.6. The van der Waals surface area contributed by atoms with E-state index in [0.29, 0.717) is 17.0 Å². The highest BCUT2D eigenvalue weighted by Gasteiger charge is 2.07. The summed E-state index contributed by atoms with van der Waals surface area (Å²) < 4.78 is 5.07. The molecular weight excluding hydrogens is 306 g/mol. The molecule has 6 nitrogen and oxygen atoms in total. The van der Waals surface area contributed by atoms with E-state index in [1.807, 2.05) is 18.2 Å². The number of para-hydroxylation sites is 1. The second-order valence-corrected chi connectivity index (χ2v) is 5.11. The van der Waals surface area contributed by atoms with Gasteiger partial charge in [-0.3, -0.25) is 9.59 Å². The third kappa shape index (κ3) is 5.24. The van der Waals surface area contributed by atoms with Crippen LogP contribution in [0.2, 0.25) is 0 Å². The van der Waals surface area contributed by atoms with E-state index in [1.54, 1.807) is 43.3 Å². The number of rotatable bonds is 6. The highest BCUT2D eigenvalue weighted by Crippen LogP contribution is 2.12. The number of hydrogen-bond donors (Lipinski definition) is 2. The Labute approximate surface area is 140 Å². The number of ether oxygens (including phenoxy) is 1. The van der Waals surface area contributed by atoms with E-state index < -0.39 is 0 Å². The number of carbonyl (C=O) groups excluding carboxylic acids is 2. The molecule has 6 heteroatoms. The number of hydrogen-bond acceptors (Lipinski definition) is 4. The number of carbonyl (C=O) groups is 2. The SMILES string of the molecule is COc1cccc(C(=O)N/N=C(/C)CC(=O)Nc2ccccc2)c1. The van der Waals surface area contributed by atoms with Gasteiger partial charge in [-0.2, -0.15) is 5.10 Å². The summed E-state index contributed by atoms with van der Waals surface area (Å²) in [5.41, 5.74) is 4.08. The lowest BCUT2D eigenvalue weighted by Crippen LogP contribution is -2.21. The number of benzene rings is 2. The summed E-state index contributed by atoms with van der Waals surface area (Å²) in [5, 5.41) is 6.71. The Morgan fingerprint density at radius 2 is 1.83 bits per heavy atom. The van der Waals surface area contributed by atoms with Gasteiger partial charge in [0.25, 0.3) is 5.91 Å². The molecule has 0 unspecified atom stereocenters. The standard InChI is InChI=1S/C18H19N3O3/c1-13(11-17(22)19-15-8-4-3-5-9-15)20-21-18(23)14-7-6-10-16(12-14)24-2/h3-10,12H,11H2,1-2H3,(H,19,22)(H,21,23)/b20-13-. The Morgan fingerprint density at radius 3 is 2.54 bits per heavy atom. The van der Waals surface area contributed by atoms with Gasteiger partial charge in [0.2, 0.25) is 5.91 Å². The van der Waals surface area contributed by atoms with Crippen molar-refractivity contribution in [2.45, 2.75) is 13.3 Å². The molecule has 0 aromatic heterocycles. The van der Waals surface area contributed by atoms with Crippen LogP contribution in [0.25, 0.3) is 0 Å². The van der Waals surface area contributed by atoms with Gasteiger partial charge in [-0.25, -0.2) is 5.43 Å². The fourth-order valence-electron chi connectivity index (χ4n) is 1.97. The lowest BCUT2D eigenvalue weighted by atomic mass is 10.2. The molecule has 24 heavy (non-hydrogen) atoms. The second-order valence-electron chi connectivity index (χ2n) is 5.11. The number of nitrogens with zero attached hydrogens (tertiary/aromatic N) is 1. The van der Waals surface area contributed by atoms with Gasteiger partial charge in [0.05, 0.1) is 13.5 Å². The van der Waals surface area contributed by atoms with Gasteiger partial charge in [0.15, 0.2) is 0 Å². The van der Waals surface area contributed by atoms with Crippen molar-refractivity contribution in [1.29, 1.82) is 0 Å². The monoisotopic (exact) mass is 325 g/mol. The van der Waals surface area contributed by atoms with Crippen molar-refractivity contribution >= 4 is 23.2 Å². The highest BCUT2D eigenvalue weighted by molar-refractivity contribution is 6.06. The first kappa shape index (κ1) is 17.2. The summed E-state index contributed by atoms with van der Waals surface area (Å²) in [7, 11) is 1.53. The van der Waals surface area contributed by atoms with Gasteiger partial charge in [-0.05, 0) is 37.3 Å². The quantitative estimate of drug-likeness (QED) is 0.633. The van der Waals surface area contributed by atoms with E-state index in [1.165, 1.54) is 7.11 Å². The summed E-state index contributed by atoms with van der Waals surface area (Å²) in [6.45, 7) is 1.68. The second kappa shape index (κ2) is 8.47. The Bertz CT molecular complexity index is 742. The summed E-state index contributed by atoms with van der Waals surface area (Å²) >= 11 is 0. The number of amides is 2. The average Bonchev–Trinajstić information content (AvgIpc) is 2.60. The maximum atomic E-state index is 12.0. The fraction of sp³-hybridized carbons (Fsp3) is 0.167. The molecular formula is C18H19N3O3. The first-order valence-electron chi connectivity index (χ1n) is 7.41. The third-order valence-electron chi connectivity index (χ3n) is 3.15. The Kier molecular flexibility index (Phi) is 6.08. The molecule has 2 N–H and O–H groups in total. The molecule has 124 valence electrons. The van der Waals surface area contributed by atoms with Crippen LogP contribution in [0.3, 0.4) is 0 Å². The van der Waals surface area contributed by atoms with Crippen molar-refractivity contribution < 1.29 is 14.3 Å². The first-order chi connectivity index (χ1) is 11.6. The molecule has 0 bridgehead atoms. The van der Waals surface area contributed by atoms with Crippen molar-refractivity contribution in [3.05, 3.63) is 60.2 Å². The molecule has 0 aliphatic heterocycles. The summed E-state index contributed by atoms with van der Waals surface area (Å²) in [4.78, 5) is 23.9. The predicted octanol–water partition coefficient (Wildman–Crippen LogP) is 2.83. The van der Waals surface area contributed by atoms with Crippen molar-refractivity contribution in [3.8, 4) is 5.75 Å². The molecule has 0 saturated heterocycles. The fourth-order valence-corrected chi connectivity index (χ4v) is 1.97. The minimum Gasteiger partial charge on any atom is -0.497 e. The highest BCUT2D eigenvalue weighted by atomic mass is 16.5. The molecule has 0 saturated carbocycles. The van der Waals surface area contributed by atoms with Crippen molar-refractivity contribution in [1.82, 2.24) is 5.43 Å².